The third-order valence-corrected chi connectivity index (χ3v) is 7.73. The van der Waals surface area contributed by atoms with Crippen molar-refractivity contribution >= 4 is 29.1 Å². The third-order valence-electron chi connectivity index (χ3n) is 7.30. The number of aromatic nitrogens is 4. The molecule has 2 aromatic carbocycles. The maximum Gasteiger partial charge on any atom is 0.274 e. The van der Waals surface area contributed by atoms with Crippen LogP contribution in [0.5, 0.6) is 11.5 Å². The van der Waals surface area contributed by atoms with E-state index in [1.807, 2.05) is 32.9 Å². The topological polar surface area (TPSA) is 106 Å². The highest BCUT2D eigenvalue weighted by molar-refractivity contribution is 6.34. The monoisotopic (exact) mass is 576 g/mol. The van der Waals surface area contributed by atoms with E-state index in [-0.39, 0.29) is 23.9 Å². The second-order valence-corrected chi connectivity index (χ2v) is 10.8. The van der Waals surface area contributed by atoms with E-state index in [2.05, 4.69) is 9.97 Å². The first-order valence-corrected chi connectivity index (χ1v) is 13.3. The van der Waals surface area contributed by atoms with Crippen molar-refractivity contribution in [3.63, 3.8) is 0 Å². The van der Waals surface area contributed by atoms with Crippen molar-refractivity contribution in [3.8, 4) is 45.9 Å². The number of ether oxygens (including phenoxy) is 2. The SMILES string of the molecule is CCC(C)(C)N(C)C(=O)c1nn(-c2cc(Cl)cc(Cl)c2)c2c1COc1cc(OC)c(-c3nccc(C#N)n3)cc1-2. The van der Waals surface area contributed by atoms with Crippen LogP contribution in [0.2, 0.25) is 10.0 Å². The van der Waals surface area contributed by atoms with Gasteiger partial charge in [-0.1, -0.05) is 30.1 Å². The molecule has 9 nitrogen and oxygen atoms in total. The van der Waals surface area contributed by atoms with Gasteiger partial charge in [-0.2, -0.15) is 10.4 Å². The summed E-state index contributed by atoms with van der Waals surface area (Å²) in [4.78, 5) is 24.3. The minimum Gasteiger partial charge on any atom is -0.496 e. The molecule has 204 valence electrons. The van der Waals surface area contributed by atoms with Crippen molar-refractivity contribution < 1.29 is 14.3 Å². The summed E-state index contributed by atoms with van der Waals surface area (Å²) in [5, 5.41) is 15.0. The number of nitriles is 1. The Morgan fingerprint density at radius 2 is 1.93 bits per heavy atom. The molecule has 1 aliphatic heterocycles. The average molecular weight is 577 g/mol. The van der Waals surface area contributed by atoms with Gasteiger partial charge in [0.15, 0.2) is 11.5 Å². The average Bonchev–Trinajstić information content (AvgIpc) is 3.35. The van der Waals surface area contributed by atoms with Crippen molar-refractivity contribution in [1.82, 2.24) is 24.6 Å². The first-order valence-electron chi connectivity index (χ1n) is 12.5. The number of carbonyl (C=O) groups is 1. The standard InChI is InChI=1S/C29H26Cl2N6O3/c1-6-29(2,3)36(4)28(38)25-22-15-40-24-13-23(39-5)21(27-33-8-7-18(14-32)34-27)12-20(24)26(22)37(35-25)19-10-16(30)9-17(31)11-19/h7-13H,6,15H2,1-5H3. The lowest BCUT2D eigenvalue weighted by molar-refractivity contribution is 0.0611. The molecule has 0 radical (unpaired) electrons. The van der Waals surface area contributed by atoms with E-state index in [4.69, 9.17) is 37.8 Å². The van der Waals surface area contributed by atoms with Crippen LogP contribution in [0.3, 0.4) is 0 Å². The molecule has 2 aromatic heterocycles. The molecular weight excluding hydrogens is 551 g/mol. The predicted molar refractivity (Wildman–Crippen MR) is 152 cm³/mol. The van der Waals surface area contributed by atoms with Gasteiger partial charge in [0.1, 0.15) is 29.9 Å². The number of amides is 1. The minimum absolute atomic E-state index is 0.112. The number of methoxy groups -OCH3 is 1. The van der Waals surface area contributed by atoms with Gasteiger partial charge in [0.2, 0.25) is 0 Å². The van der Waals surface area contributed by atoms with Crippen LogP contribution in [0, 0.1) is 11.3 Å². The lowest BCUT2D eigenvalue weighted by Gasteiger charge is -2.34. The van der Waals surface area contributed by atoms with E-state index in [1.165, 1.54) is 19.4 Å². The van der Waals surface area contributed by atoms with Gasteiger partial charge >= 0.3 is 0 Å². The second-order valence-electron chi connectivity index (χ2n) is 9.96. The van der Waals surface area contributed by atoms with Crippen molar-refractivity contribution in [1.29, 1.82) is 5.26 Å². The van der Waals surface area contributed by atoms with E-state index < -0.39 is 5.54 Å². The molecule has 11 heteroatoms. The Morgan fingerprint density at radius 1 is 1.20 bits per heavy atom. The van der Waals surface area contributed by atoms with Gasteiger partial charge in [0.05, 0.1) is 24.1 Å². The molecule has 5 rings (SSSR count). The number of rotatable bonds is 6. The summed E-state index contributed by atoms with van der Waals surface area (Å²) >= 11 is 12.7. The predicted octanol–water partition coefficient (Wildman–Crippen LogP) is 6.34. The highest BCUT2D eigenvalue weighted by atomic mass is 35.5. The molecule has 0 unspecified atom stereocenters. The van der Waals surface area contributed by atoms with Gasteiger partial charge in [-0.25, -0.2) is 14.6 Å². The molecule has 1 aliphatic rings. The van der Waals surface area contributed by atoms with Gasteiger partial charge in [0, 0.05) is 46.0 Å². The van der Waals surface area contributed by atoms with Crippen LogP contribution < -0.4 is 9.47 Å². The summed E-state index contributed by atoms with van der Waals surface area (Å²) in [6.07, 6.45) is 2.27. The Labute approximate surface area is 241 Å². The number of halogens is 2. The molecule has 4 aromatic rings. The van der Waals surface area contributed by atoms with Crippen molar-refractivity contribution in [2.45, 2.75) is 39.3 Å². The lowest BCUT2D eigenvalue weighted by atomic mass is 9.97. The summed E-state index contributed by atoms with van der Waals surface area (Å²) in [5.74, 6) is 1.07. The molecule has 0 bridgehead atoms. The second kappa shape index (κ2) is 10.5. The number of hydrogen-bond acceptors (Lipinski definition) is 7. The van der Waals surface area contributed by atoms with Crippen molar-refractivity contribution in [3.05, 3.63) is 69.6 Å². The Hall–Kier alpha value is -4.13. The first-order chi connectivity index (χ1) is 19.1. The minimum atomic E-state index is -0.399. The molecule has 0 saturated carbocycles. The molecule has 0 atom stereocenters. The molecule has 0 N–H and O–H groups in total. The summed E-state index contributed by atoms with van der Waals surface area (Å²) in [6, 6.07) is 12.2. The fourth-order valence-electron chi connectivity index (χ4n) is 4.46. The Balaban J connectivity index is 1.79. The van der Waals surface area contributed by atoms with E-state index in [0.717, 1.165) is 6.42 Å². The Morgan fingerprint density at radius 3 is 2.58 bits per heavy atom. The van der Waals surface area contributed by atoms with Crippen molar-refractivity contribution in [2.75, 3.05) is 14.2 Å². The van der Waals surface area contributed by atoms with E-state index in [9.17, 15) is 10.1 Å². The maximum absolute atomic E-state index is 13.8. The molecule has 0 fully saturated rings. The molecule has 3 heterocycles. The zero-order chi connectivity index (χ0) is 28.8. The highest BCUT2D eigenvalue weighted by Gasteiger charge is 2.35. The number of hydrogen-bond donors (Lipinski definition) is 0. The zero-order valence-electron chi connectivity index (χ0n) is 22.6. The van der Waals surface area contributed by atoms with E-state index in [0.29, 0.717) is 55.4 Å². The van der Waals surface area contributed by atoms with Crippen molar-refractivity contribution in [2.24, 2.45) is 0 Å². The van der Waals surface area contributed by atoms with Crippen LogP contribution in [-0.4, -0.2) is 50.3 Å². The van der Waals surface area contributed by atoms with Gasteiger partial charge < -0.3 is 14.4 Å². The third kappa shape index (κ3) is 4.74. The van der Waals surface area contributed by atoms with E-state index in [1.54, 1.807) is 40.9 Å². The molecule has 1 amide bonds. The van der Waals surface area contributed by atoms with Gasteiger partial charge in [-0.15, -0.1) is 0 Å². The smallest absolute Gasteiger partial charge is 0.274 e. The van der Waals surface area contributed by atoms with Gasteiger partial charge in [-0.3, -0.25) is 4.79 Å². The van der Waals surface area contributed by atoms with Gasteiger partial charge in [0.25, 0.3) is 5.91 Å². The van der Waals surface area contributed by atoms with Crippen LogP contribution in [0.4, 0.5) is 0 Å². The summed E-state index contributed by atoms with van der Waals surface area (Å²) in [6.45, 7) is 6.15. The number of nitrogens with zero attached hydrogens (tertiary/aromatic N) is 6. The van der Waals surface area contributed by atoms with Crippen LogP contribution in [-0.2, 0) is 6.61 Å². The number of carbonyl (C=O) groups excluding carboxylic acids is 1. The summed E-state index contributed by atoms with van der Waals surface area (Å²) in [7, 11) is 3.31. The Kier molecular flexibility index (Phi) is 7.17. The van der Waals surface area contributed by atoms with Gasteiger partial charge in [-0.05, 0) is 50.6 Å². The summed E-state index contributed by atoms with van der Waals surface area (Å²) < 4.78 is 13.5. The maximum atomic E-state index is 13.8. The normalized spacial score (nSPS) is 12.2. The Bertz CT molecular complexity index is 1670. The zero-order valence-corrected chi connectivity index (χ0v) is 24.1. The molecule has 0 saturated heterocycles. The van der Waals surface area contributed by atoms with Crippen LogP contribution in [0.25, 0.3) is 28.3 Å². The fourth-order valence-corrected chi connectivity index (χ4v) is 4.98. The molecular formula is C29H26Cl2N6O3. The van der Waals surface area contributed by atoms with E-state index >= 15 is 0 Å². The fraction of sp³-hybridized carbons (Fsp3) is 0.276. The first kappa shape index (κ1) is 27.4. The number of benzene rings is 2. The van der Waals surface area contributed by atoms with Crippen LogP contribution in [0.15, 0.2) is 42.6 Å². The lowest BCUT2D eigenvalue weighted by Crippen LogP contribution is -2.45. The largest absolute Gasteiger partial charge is 0.496 e. The highest BCUT2D eigenvalue weighted by Crippen LogP contribution is 2.46. The quantitative estimate of drug-likeness (QED) is 0.263. The van der Waals surface area contributed by atoms with Crippen LogP contribution >= 0.6 is 23.2 Å². The summed E-state index contributed by atoms with van der Waals surface area (Å²) in [5.41, 5.74) is 3.12. The molecule has 0 aliphatic carbocycles. The molecule has 0 spiro atoms. The molecule has 40 heavy (non-hydrogen) atoms. The van der Waals surface area contributed by atoms with Crippen LogP contribution in [0.1, 0.15) is 48.9 Å². The number of fused-ring (bicyclic) bond motifs is 3.